The Bertz CT molecular complexity index is 697. The Labute approximate surface area is 144 Å². The van der Waals surface area contributed by atoms with E-state index >= 15 is 0 Å². The Balaban J connectivity index is 1.96. The van der Waals surface area contributed by atoms with Crippen LogP contribution in [-0.4, -0.2) is 32.1 Å². The summed E-state index contributed by atoms with van der Waals surface area (Å²) < 4.78 is 30.6. The van der Waals surface area contributed by atoms with Crippen LogP contribution < -0.4 is 4.74 Å². The van der Waals surface area contributed by atoms with Crippen molar-refractivity contribution in [1.82, 2.24) is 4.31 Å². The van der Waals surface area contributed by atoms with Gasteiger partial charge in [0.05, 0.1) is 6.26 Å². The Morgan fingerprint density at radius 1 is 1.23 bits per heavy atom. The van der Waals surface area contributed by atoms with E-state index in [9.17, 15) is 8.42 Å². The molecular weight excluding hydrogens is 365 g/mol. The molecule has 120 valence electrons. The van der Waals surface area contributed by atoms with Gasteiger partial charge in [0.1, 0.15) is 12.4 Å². The lowest BCUT2D eigenvalue weighted by molar-refractivity contribution is 0.271. The standard InChI is InChI=1S/C14H15Cl2NO3S2/c1-22(18,19)17(10-14-3-2-6-21-14)4-5-20-13-8-11(15)7-12(16)9-13/h2-3,6-9H,4-5,10H2,1H3. The minimum Gasteiger partial charge on any atom is -0.492 e. The van der Waals surface area contributed by atoms with E-state index in [1.165, 1.54) is 21.9 Å². The molecule has 0 radical (unpaired) electrons. The molecule has 0 aliphatic heterocycles. The van der Waals surface area contributed by atoms with Gasteiger partial charge < -0.3 is 4.74 Å². The van der Waals surface area contributed by atoms with Gasteiger partial charge in [0.2, 0.25) is 10.0 Å². The molecule has 2 aromatic rings. The molecule has 0 aliphatic rings. The summed E-state index contributed by atoms with van der Waals surface area (Å²) in [6.45, 7) is 0.812. The summed E-state index contributed by atoms with van der Waals surface area (Å²) in [4.78, 5) is 0.983. The number of benzene rings is 1. The van der Waals surface area contributed by atoms with Crippen molar-refractivity contribution in [2.24, 2.45) is 0 Å². The largest absolute Gasteiger partial charge is 0.492 e. The lowest BCUT2D eigenvalue weighted by Crippen LogP contribution is -2.33. The number of thiophene rings is 1. The summed E-state index contributed by atoms with van der Waals surface area (Å²) >= 11 is 13.3. The molecule has 1 aromatic heterocycles. The van der Waals surface area contributed by atoms with Crippen LogP contribution in [-0.2, 0) is 16.6 Å². The maximum atomic E-state index is 11.8. The highest BCUT2D eigenvalue weighted by Gasteiger charge is 2.17. The van der Waals surface area contributed by atoms with Crippen molar-refractivity contribution in [3.63, 3.8) is 0 Å². The zero-order chi connectivity index (χ0) is 16.2. The first-order valence-electron chi connectivity index (χ1n) is 6.41. The second-order valence-electron chi connectivity index (χ2n) is 4.63. The van der Waals surface area contributed by atoms with Gasteiger partial charge in [-0.1, -0.05) is 29.3 Å². The number of rotatable bonds is 7. The van der Waals surface area contributed by atoms with Crippen molar-refractivity contribution in [2.75, 3.05) is 19.4 Å². The normalized spacial score (nSPS) is 11.8. The average molecular weight is 380 g/mol. The van der Waals surface area contributed by atoms with Gasteiger partial charge in [-0.15, -0.1) is 11.3 Å². The van der Waals surface area contributed by atoms with Gasteiger partial charge in [-0.3, -0.25) is 0 Å². The molecule has 1 heterocycles. The highest BCUT2D eigenvalue weighted by atomic mass is 35.5. The lowest BCUT2D eigenvalue weighted by atomic mass is 10.3. The molecule has 4 nitrogen and oxygen atoms in total. The quantitative estimate of drug-likeness (QED) is 0.732. The number of hydrogen-bond donors (Lipinski definition) is 0. The molecular formula is C14H15Cl2NO3S2. The number of hydrogen-bond acceptors (Lipinski definition) is 4. The van der Waals surface area contributed by atoms with Crippen LogP contribution in [0.1, 0.15) is 4.88 Å². The first-order chi connectivity index (χ1) is 10.3. The van der Waals surface area contributed by atoms with Crippen LogP contribution in [0.2, 0.25) is 10.0 Å². The van der Waals surface area contributed by atoms with E-state index in [2.05, 4.69) is 0 Å². The van der Waals surface area contributed by atoms with Crippen molar-refractivity contribution >= 4 is 44.6 Å². The summed E-state index contributed by atoms with van der Waals surface area (Å²) in [5.41, 5.74) is 0. The monoisotopic (exact) mass is 379 g/mol. The van der Waals surface area contributed by atoms with E-state index in [4.69, 9.17) is 27.9 Å². The summed E-state index contributed by atoms with van der Waals surface area (Å²) in [6, 6.07) is 8.68. The minimum atomic E-state index is -3.30. The highest BCUT2D eigenvalue weighted by molar-refractivity contribution is 7.88. The van der Waals surface area contributed by atoms with Crippen LogP contribution >= 0.6 is 34.5 Å². The zero-order valence-electron chi connectivity index (χ0n) is 11.8. The molecule has 0 fully saturated rings. The van der Waals surface area contributed by atoms with Gasteiger partial charge in [-0.05, 0) is 29.6 Å². The molecule has 0 unspecified atom stereocenters. The summed E-state index contributed by atoms with van der Waals surface area (Å²) in [5, 5.41) is 2.86. The molecule has 22 heavy (non-hydrogen) atoms. The Morgan fingerprint density at radius 2 is 1.91 bits per heavy atom. The third-order valence-electron chi connectivity index (χ3n) is 2.83. The van der Waals surface area contributed by atoms with Crippen LogP contribution in [0.25, 0.3) is 0 Å². The van der Waals surface area contributed by atoms with E-state index in [1.807, 2.05) is 17.5 Å². The summed E-state index contributed by atoms with van der Waals surface area (Å²) in [5.74, 6) is 0.516. The van der Waals surface area contributed by atoms with Crippen LogP contribution in [0.4, 0.5) is 0 Å². The van der Waals surface area contributed by atoms with E-state index in [1.54, 1.807) is 18.2 Å². The van der Waals surface area contributed by atoms with E-state index in [0.717, 1.165) is 4.88 Å². The maximum Gasteiger partial charge on any atom is 0.211 e. The van der Waals surface area contributed by atoms with Gasteiger partial charge in [0, 0.05) is 28.0 Å². The van der Waals surface area contributed by atoms with Crippen molar-refractivity contribution in [3.8, 4) is 5.75 Å². The molecule has 0 N–H and O–H groups in total. The maximum absolute atomic E-state index is 11.8. The second-order valence-corrected chi connectivity index (χ2v) is 8.52. The number of ether oxygens (including phenoxy) is 1. The van der Waals surface area contributed by atoms with Gasteiger partial charge in [-0.25, -0.2) is 8.42 Å². The third-order valence-corrected chi connectivity index (χ3v) is 5.37. The Hall–Kier alpha value is -0.790. The second kappa shape index (κ2) is 7.66. The van der Waals surface area contributed by atoms with Gasteiger partial charge in [0.25, 0.3) is 0 Å². The molecule has 2 rings (SSSR count). The van der Waals surface area contributed by atoms with E-state index in [0.29, 0.717) is 22.3 Å². The van der Waals surface area contributed by atoms with Gasteiger partial charge in [0.15, 0.2) is 0 Å². The molecule has 0 spiro atoms. The molecule has 0 saturated heterocycles. The van der Waals surface area contributed by atoms with Gasteiger partial charge in [-0.2, -0.15) is 4.31 Å². The molecule has 1 aromatic carbocycles. The molecule has 8 heteroatoms. The number of nitrogens with zero attached hydrogens (tertiary/aromatic N) is 1. The van der Waals surface area contributed by atoms with Crippen molar-refractivity contribution in [3.05, 3.63) is 50.6 Å². The van der Waals surface area contributed by atoms with Gasteiger partial charge >= 0.3 is 0 Å². The fourth-order valence-corrected chi connectivity index (χ4v) is 3.90. The summed E-state index contributed by atoms with van der Waals surface area (Å²) in [7, 11) is -3.30. The topological polar surface area (TPSA) is 46.6 Å². The highest BCUT2D eigenvalue weighted by Crippen LogP contribution is 2.24. The van der Waals surface area contributed by atoms with Crippen LogP contribution in [0.5, 0.6) is 5.75 Å². The third kappa shape index (κ3) is 5.44. The Morgan fingerprint density at radius 3 is 2.45 bits per heavy atom. The molecule has 0 amide bonds. The predicted molar refractivity (Wildman–Crippen MR) is 91.5 cm³/mol. The van der Waals surface area contributed by atoms with Crippen LogP contribution in [0.15, 0.2) is 35.7 Å². The Kier molecular flexibility index (Phi) is 6.11. The number of sulfonamides is 1. The van der Waals surface area contributed by atoms with E-state index < -0.39 is 10.0 Å². The molecule has 0 saturated carbocycles. The number of halogens is 2. The van der Waals surface area contributed by atoms with Crippen LogP contribution in [0.3, 0.4) is 0 Å². The average Bonchev–Trinajstić information content (AvgIpc) is 2.88. The van der Waals surface area contributed by atoms with Crippen molar-refractivity contribution in [1.29, 1.82) is 0 Å². The first-order valence-corrected chi connectivity index (χ1v) is 9.89. The predicted octanol–water partition coefficient (Wildman–Crippen LogP) is 3.90. The minimum absolute atomic E-state index is 0.217. The van der Waals surface area contributed by atoms with Crippen molar-refractivity contribution < 1.29 is 13.2 Å². The SMILES string of the molecule is CS(=O)(=O)N(CCOc1cc(Cl)cc(Cl)c1)Cc1cccs1. The first kappa shape index (κ1) is 17.6. The lowest BCUT2D eigenvalue weighted by Gasteiger charge is -2.19. The molecule has 0 aliphatic carbocycles. The fraction of sp³-hybridized carbons (Fsp3) is 0.286. The zero-order valence-corrected chi connectivity index (χ0v) is 15.0. The smallest absolute Gasteiger partial charge is 0.211 e. The van der Waals surface area contributed by atoms with Crippen molar-refractivity contribution in [2.45, 2.75) is 6.54 Å². The van der Waals surface area contributed by atoms with Crippen LogP contribution in [0, 0.1) is 0 Å². The van der Waals surface area contributed by atoms with E-state index in [-0.39, 0.29) is 13.2 Å². The molecule has 0 atom stereocenters. The summed E-state index contributed by atoms with van der Waals surface area (Å²) in [6.07, 6.45) is 1.19. The molecule has 0 bridgehead atoms. The fourth-order valence-electron chi connectivity index (χ4n) is 1.82.